The van der Waals surface area contributed by atoms with E-state index in [2.05, 4.69) is 16.5 Å². The number of aryl methyl sites for hydroxylation is 1. The van der Waals surface area contributed by atoms with Crippen molar-refractivity contribution in [2.24, 2.45) is 5.92 Å². The number of amides is 1. The van der Waals surface area contributed by atoms with Crippen LogP contribution in [0.4, 0.5) is 0 Å². The maximum absolute atomic E-state index is 12.2. The van der Waals surface area contributed by atoms with Crippen LogP contribution in [0.3, 0.4) is 0 Å². The summed E-state index contributed by atoms with van der Waals surface area (Å²) in [6.07, 6.45) is 3.22. The van der Waals surface area contributed by atoms with Gasteiger partial charge >= 0.3 is 0 Å². The number of nitrogens with one attached hydrogen (secondary N) is 1. The van der Waals surface area contributed by atoms with E-state index >= 15 is 0 Å². The normalized spacial score (nSPS) is 13.6. The van der Waals surface area contributed by atoms with E-state index in [1.54, 1.807) is 13.0 Å². The second kappa shape index (κ2) is 7.35. The van der Waals surface area contributed by atoms with Crippen LogP contribution in [0.25, 0.3) is 11.8 Å². The van der Waals surface area contributed by atoms with E-state index in [1.807, 2.05) is 62.7 Å². The summed E-state index contributed by atoms with van der Waals surface area (Å²) in [6.45, 7) is 9.43. The number of rotatable bonds is 5. The molecular formula is C20H24N4O. The summed E-state index contributed by atoms with van der Waals surface area (Å²) in [5.74, 6) is -0.275. The van der Waals surface area contributed by atoms with E-state index in [0.29, 0.717) is 0 Å². The van der Waals surface area contributed by atoms with Gasteiger partial charge in [0.1, 0.15) is 5.54 Å². The van der Waals surface area contributed by atoms with Crippen LogP contribution in [-0.2, 0) is 4.79 Å². The Morgan fingerprint density at radius 2 is 1.96 bits per heavy atom. The van der Waals surface area contributed by atoms with Crippen LogP contribution < -0.4 is 5.32 Å². The van der Waals surface area contributed by atoms with E-state index in [-0.39, 0.29) is 11.8 Å². The molecule has 25 heavy (non-hydrogen) atoms. The van der Waals surface area contributed by atoms with E-state index in [1.165, 1.54) is 6.08 Å². The topological polar surface area (TPSA) is 70.7 Å². The smallest absolute Gasteiger partial charge is 0.245 e. The third kappa shape index (κ3) is 3.97. The van der Waals surface area contributed by atoms with Crippen molar-refractivity contribution < 1.29 is 4.79 Å². The number of carbonyl (C=O) groups excluding carboxylic acids is 1. The minimum absolute atomic E-state index is 0.0131. The van der Waals surface area contributed by atoms with Gasteiger partial charge in [0.25, 0.3) is 0 Å². The number of nitriles is 1. The van der Waals surface area contributed by atoms with Crippen LogP contribution in [0, 0.1) is 31.1 Å². The van der Waals surface area contributed by atoms with Crippen LogP contribution in [0.5, 0.6) is 0 Å². The first-order chi connectivity index (χ1) is 11.8. The molecule has 2 rings (SSSR count). The minimum atomic E-state index is -0.889. The fourth-order valence-electron chi connectivity index (χ4n) is 2.47. The van der Waals surface area contributed by atoms with Gasteiger partial charge < -0.3 is 5.32 Å². The Bertz CT molecular complexity index is 827. The Kier molecular flexibility index (Phi) is 5.43. The third-order valence-corrected chi connectivity index (χ3v) is 4.52. The number of aromatic nitrogens is 2. The van der Waals surface area contributed by atoms with Gasteiger partial charge in [-0.25, -0.2) is 4.68 Å². The minimum Gasteiger partial charge on any atom is -0.334 e. The Morgan fingerprint density at radius 1 is 1.32 bits per heavy atom. The second-order valence-electron chi connectivity index (χ2n) is 6.62. The van der Waals surface area contributed by atoms with Gasteiger partial charge in [-0.05, 0) is 44.9 Å². The lowest BCUT2D eigenvalue weighted by atomic mass is 9.90. The van der Waals surface area contributed by atoms with Crippen LogP contribution >= 0.6 is 0 Å². The first kappa shape index (κ1) is 18.5. The molecule has 0 bridgehead atoms. The highest BCUT2D eigenvalue weighted by molar-refractivity contribution is 5.92. The summed E-state index contributed by atoms with van der Waals surface area (Å²) >= 11 is 0. The lowest BCUT2D eigenvalue weighted by molar-refractivity contribution is -0.118. The molecule has 1 heterocycles. The van der Waals surface area contributed by atoms with Gasteiger partial charge in [0.05, 0.1) is 17.5 Å². The Balaban J connectivity index is 2.24. The van der Waals surface area contributed by atoms with Crippen molar-refractivity contribution in [3.05, 3.63) is 53.4 Å². The van der Waals surface area contributed by atoms with Gasteiger partial charge in [-0.15, -0.1) is 0 Å². The zero-order valence-corrected chi connectivity index (χ0v) is 15.4. The second-order valence-corrected chi connectivity index (χ2v) is 6.62. The molecule has 2 aromatic rings. The molecule has 0 saturated carbocycles. The van der Waals surface area contributed by atoms with Crippen LogP contribution in [0.1, 0.15) is 37.7 Å². The number of hydrogen-bond acceptors (Lipinski definition) is 3. The average molecular weight is 336 g/mol. The molecule has 1 aromatic heterocycles. The van der Waals surface area contributed by atoms with Crippen LogP contribution in [0.2, 0.25) is 0 Å². The quantitative estimate of drug-likeness (QED) is 0.849. The third-order valence-electron chi connectivity index (χ3n) is 4.52. The SMILES string of the molecule is Cc1nn(-c2ccccc2)c(C)c1/C=C/C(=O)NC(C)(C#N)C(C)C. The van der Waals surface area contributed by atoms with E-state index in [9.17, 15) is 10.1 Å². The Labute approximate surface area is 149 Å². The van der Waals surface area contributed by atoms with Crippen LogP contribution in [-0.4, -0.2) is 21.2 Å². The predicted molar refractivity (Wildman–Crippen MR) is 99.1 cm³/mol. The molecule has 1 unspecified atom stereocenters. The van der Waals surface area contributed by atoms with Gasteiger partial charge in [-0.1, -0.05) is 32.0 Å². The summed E-state index contributed by atoms with van der Waals surface area (Å²) in [6, 6.07) is 12.0. The van der Waals surface area contributed by atoms with Crippen molar-refractivity contribution in [2.45, 2.75) is 40.2 Å². The van der Waals surface area contributed by atoms with Gasteiger partial charge in [-0.2, -0.15) is 10.4 Å². The molecule has 1 atom stereocenters. The maximum atomic E-state index is 12.2. The van der Waals surface area contributed by atoms with Gasteiger partial charge in [0.2, 0.25) is 5.91 Å². The number of nitrogens with zero attached hydrogens (tertiary/aromatic N) is 3. The molecule has 0 spiro atoms. The highest BCUT2D eigenvalue weighted by Crippen LogP contribution is 2.19. The molecule has 0 saturated heterocycles. The van der Waals surface area contributed by atoms with Crippen LogP contribution in [0.15, 0.2) is 36.4 Å². The zero-order chi connectivity index (χ0) is 18.6. The molecule has 0 aliphatic carbocycles. The molecule has 130 valence electrons. The Hall–Kier alpha value is -2.87. The summed E-state index contributed by atoms with van der Waals surface area (Å²) < 4.78 is 1.86. The lowest BCUT2D eigenvalue weighted by Gasteiger charge is -2.26. The summed E-state index contributed by atoms with van der Waals surface area (Å²) in [5, 5.41) is 16.6. The molecule has 5 nitrogen and oxygen atoms in total. The number of hydrogen-bond donors (Lipinski definition) is 1. The maximum Gasteiger partial charge on any atom is 0.245 e. The standard InChI is InChI=1S/C20H24N4O/c1-14(2)20(5,13-21)22-19(25)12-11-18-15(3)23-24(16(18)4)17-9-7-6-8-10-17/h6-12,14H,1-5H3,(H,22,25)/b12-11+. The van der Waals surface area contributed by atoms with Crippen molar-refractivity contribution >= 4 is 12.0 Å². The monoisotopic (exact) mass is 336 g/mol. The fourth-order valence-corrected chi connectivity index (χ4v) is 2.47. The lowest BCUT2D eigenvalue weighted by Crippen LogP contribution is -2.48. The van der Waals surface area contributed by atoms with Gasteiger partial charge in [0, 0.05) is 17.3 Å². The van der Waals surface area contributed by atoms with Crippen molar-refractivity contribution in [3.8, 4) is 11.8 Å². The largest absolute Gasteiger partial charge is 0.334 e. The summed E-state index contributed by atoms with van der Waals surface area (Å²) in [4.78, 5) is 12.2. The van der Waals surface area contributed by atoms with Crippen molar-refractivity contribution in [2.75, 3.05) is 0 Å². The molecular weight excluding hydrogens is 312 g/mol. The molecule has 0 aliphatic rings. The number of benzene rings is 1. The highest BCUT2D eigenvalue weighted by Gasteiger charge is 2.29. The highest BCUT2D eigenvalue weighted by atomic mass is 16.1. The molecule has 1 aromatic carbocycles. The molecule has 0 fully saturated rings. The fraction of sp³-hybridized carbons (Fsp3) is 0.350. The average Bonchev–Trinajstić information content (AvgIpc) is 2.87. The van der Waals surface area contributed by atoms with E-state index < -0.39 is 5.54 Å². The summed E-state index contributed by atoms with van der Waals surface area (Å²) in [7, 11) is 0. The Morgan fingerprint density at radius 3 is 2.52 bits per heavy atom. The molecule has 0 aliphatic heterocycles. The van der Waals surface area contributed by atoms with Crippen molar-refractivity contribution in [3.63, 3.8) is 0 Å². The predicted octanol–water partition coefficient (Wildman–Crippen LogP) is 3.56. The van der Waals surface area contributed by atoms with E-state index in [4.69, 9.17) is 0 Å². The van der Waals surface area contributed by atoms with Gasteiger partial charge in [-0.3, -0.25) is 4.79 Å². The number of carbonyl (C=O) groups is 1. The first-order valence-electron chi connectivity index (χ1n) is 8.31. The molecule has 0 radical (unpaired) electrons. The molecule has 1 N–H and O–H groups in total. The zero-order valence-electron chi connectivity index (χ0n) is 15.4. The van der Waals surface area contributed by atoms with E-state index in [0.717, 1.165) is 22.6 Å². The molecule has 1 amide bonds. The number of para-hydroxylation sites is 1. The summed E-state index contributed by atoms with van der Waals surface area (Å²) in [5.41, 5.74) is 2.79. The van der Waals surface area contributed by atoms with Crippen molar-refractivity contribution in [1.82, 2.24) is 15.1 Å². The molecule has 5 heteroatoms. The van der Waals surface area contributed by atoms with Crippen molar-refractivity contribution in [1.29, 1.82) is 5.26 Å². The van der Waals surface area contributed by atoms with Gasteiger partial charge in [0.15, 0.2) is 0 Å². The first-order valence-corrected chi connectivity index (χ1v) is 8.31.